The summed E-state index contributed by atoms with van der Waals surface area (Å²) in [4.78, 5) is 8.50. The van der Waals surface area contributed by atoms with E-state index >= 15 is 0 Å². The summed E-state index contributed by atoms with van der Waals surface area (Å²) < 4.78 is 5.57. The van der Waals surface area contributed by atoms with Crippen molar-refractivity contribution in [3.8, 4) is 6.01 Å². The fourth-order valence-electron chi connectivity index (χ4n) is 1.79. The lowest BCUT2D eigenvalue weighted by Gasteiger charge is -2.05. The topological polar surface area (TPSA) is 35.0 Å². The van der Waals surface area contributed by atoms with Crippen LogP contribution in [0.3, 0.4) is 0 Å². The minimum absolute atomic E-state index is 0.360. The maximum absolute atomic E-state index is 6.06. The van der Waals surface area contributed by atoms with Crippen molar-refractivity contribution in [1.82, 2.24) is 9.97 Å². The number of hydrogen-bond donors (Lipinski definition) is 0. The SMILES string of the molecule is Clc1cccc2nc(OCc3ccccc3)ncc12. The summed E-state index contributed by atoms with van der Waals surface area (Å²) in [5.74, 6) is 0. The average Bonchev–Trinajstić information content (AvgIpc) is 2.46. The molecule has 0 aliphatic rings. The van der Waals surface area contributed by atoms with Gasteiger partial charge in [-0.05, 0) is 17.7 Å². The van der Waals surface area contributed by atoms with Gasteiger partial charge in [-0.3, -0.25) is 0 Å². The quantitative estimate of drug-likeness (QED) is 0.725. The summed E-state index contributed by atoms with van der Waals surface area (Å²) >= 11 is 6.06. The third-order valence-corrected chi connectivity index (χ3v) is 3.09. The molecule has 0 aliphatic carbocycles. The van der Waals surface area contributed by atoms with E-state index in [0.29, 0.717) is 17.6 Å². The predicted octanol–water partition coefficient (Wildman–Crippen LogP) is 3.86. The molecule has 0 saturated carbocycles. The monoisotopic (exact) mass is 270 g/mol. The van der Waals surface area contributed by atoms with Crippen molar-refractivity contribution in [2.24, 2.45) is 0 Å². The van der Waals surface area contributed by atoms with E-state index in [0.717, 1.165) is 16.5 Å². The lowest BCUT2D eigenvalue weighted by Crippen LogP contribution is -1.99. The van der Waals surface area contributed by atoms with Crippen LogP contribution in [-0.4, -0.2) is 9.97 Å². The molecule has 0 atom stereocenters. The van der Waals surface area contributed by atoms with E-state index in [9.17, 15) is 0 Å². The number of ether oxygens (including phenoxy) is 1. The third kappa shape index (κ3) is 2.66. The number of halogens is 1. The number of rotatable bonds is 3. The molecule has 4 heteroatoms. The van der Waals surface area contributed by atoms with Crippen LogP contribution in [0.2, 0.25) is 5.02 Å². The first-order chi connectivity index (χ1) is 9.33. The van der Waals surface area contributed by atoms with E-state index in [1.165, 1.54) is 0 Å². The second kappa shape index (κ2) is 5.24. The first-order valence-electron chi connectivity index (χ1n) is 5.91. The molecule has 3 rings (SSSR count). The van der Waals surface area contributed by atoms with Gasteiger partial charge in [-0.2, -0.15) is 4.98 Å². The van der Waals surface area contributed by atoms with Gasteiger partial charge in [0.15, 0.2) is 0 Å². The Kier molecular flexibility index (Phi) is 3.29. The smallest absolute Gasteiger partial charge is 0.317 e. The Morgan fingerprint density at radius 3 is 2.68 bits per heavy atom. The van der Waals surface area contributed by atoms with Gasteiger partial charge in [0, 0.05) is 11.6 Å². The summed E-state index contributed by atoms with van der Waals surface area (Å²) in [6, 6.07) is 15.8. The zero-order valence-corrected chi connectivity index (χ0v) is 10.8. The van der Waals surface area contributed by atoms with Crippen LogP contribution in [0.5, 0.6) is 6.01 Å². The number of nitrogens with zero attached hydrogens (tertiary/aromatic N) is 2. The zero-order valence-electron chi connectivity index (χ0n) is 10.1. The molecule has 0 bridgehead atoms. The molecule has 3 aromatic rings. The lowest BCUT2D eigenvalue weighted by molar-refractivity contribution is 0.282. The van der Waals surface area contributed by atoms with E-state index < -0.39 is 0 Å². The van der Waals surface area contributed by atoms with Crippen molar-refractivity contribution >= 4 is 22.5 Å². The predicted molar refractivity (Wildman–Crippen MR) is 75.3 cm³/mol. The van der Waals surface area contributed by atoms with Gasteiger partial charge < -0.3 is 4.74 Å². The average molecular weight is 271 g/mol. The molecule has 19 heavy (non-hydrogen) atoms. The molecule has 0 N–H and O–H groups in total. The fourth-order valence-corrected chi connectivity index (χ4v) is 2.01. The van der Waals surface area contributed by atoms with E-state index in [4.69, 9.17) is 16.3 Å². The van der Waals surface area contributed by atoms with Crippen molar-refractivity contribution in [1.29, 1.82) is 0 Å². The molecule has 0 spiro atoms. The van der Waals surface area contributed by atoms with Gasteiger partial charge in [0.25, 0.3) is 0 Å². The maximum Gasteiger partial charge on any atom is 0.317 e. The Hall–Kier alpha value is -2.13. The maximum atomic E-state index is 6.06. The highest BCUT2D eigenvalue weighted by atomic mass is 35.5. The third-order valence-electron chi connectivity index (χ3n) is 2.76. The van der Waals surface area contributed by atoms with E-state index in [2.05, 4.69) is 9.97 Å². The van der Waals surface area contributed by atoms with Crippen molar-refractivity contribution in [2.75, 3.05) is 0 Å². The number of fused-ring (bicyclic) bond motifs is 1. The van der Waals surface area contributed by atoms with Gasteiger partial charge in [0.2, 0.25) is 0 Å². The van der Waals surface area contributed by atoms with Crippen LogP contribution >= 0.6 is 11.6 Å². The largest absolute Gasteiger partial charge is 0.459 e. The zero-order chi connectivity index (χ0) is 13.1. The van der Waals surface area contributed by atoms with Crippen LogP contribution in [0.25, 0.3) is 10.9 Å². The van der Waals surface area contributed by atoms with E-state index in [1.54, 1.807) is 6.20 Å². The summed E-state index contributed by atoms with van der Waals surface area (Å²) in [5.41, 5.74) is 1.86. The van der Waals surface area contributed by atoms with Gasteiger partial charge in [-0.25, -0.2) is 4.98 Å². The molecule has 1 heterocycles. The number of benzene rings is 2. The van der Waals surface area contributed by atoms with Crippen molar-refractivity contribution < 1.29 is 4.74 Å². The van der Waals surface area contributed by atoms with E-state index in [1.807, 2.05) is 48.5 Å². The molecule has 0 fully saturated rings. The molecular weight excluding hydrogens is 260 g/mol. The summed E-state index contributed by atoms with van der Waals surface area (Å²) in [7, 11) is 0. The Balaban J connectivity index is 1.82. The van der Waals surface area contributed by atoms with Crippen molar-refractivity contribution in [3.05, 3.63) is 65.3 Å². The number of aromatic nitrogens is 2. The molecule has 3 nitrogen and oxygen atoms in total. The molecule has 0 aliphatic heterocycles. The molecule has 0 radical (unpaired) electrons. The molecule has 0 unspecified atom stereocenters. The van der Waals surface area contributed by atoms with Crippen molar-refractivity contribution in [2.45, 2.75) is 6.61 Å². The number of hydrogen-bond acceptors (Lipinski definition) is 3. The molecule has 0 amide bonds. The highest BCUT2D eigenvalue weighted by molar-refractivity contribution is 6.35. The van der Waals surface area contributed by atoms with Gasteiger partial charge in [0.05, 0.1) is 10.5 Å². The normalized spacial score (nSPS) is 10.6. The first-order valence-corrected chi connectivity index (χ1v) is 6.29. The molecule has 0 saturated heterocycles. The minimum atomic E-state index is 0.360. The van der Waals surface area contributed by atoms with Crippen LogP contribution in [0.4, 0.5) is 0 Å². The van der Waals surface area contributed by atoms with Crippen LogP contribution in [0.15, 0.2) is 54.7 Å². The highest BCUT2D eigenvalue weighted by Gasteiger charge is 2.04. The molecular formula is C15H11ClN2O. The highest BCUT2D eigenvalue weighted by Crippen LogP contribution is 2.22. The van der Waals surface area contributed by atoms with Gasteiger partial charge >= 0.3 is 6.01 Å². The van der Waals surface area contributed by atoms with E-state index in [-0.39, 0.29) is 0 Å². The second-order valence-electron chi connectivity index (χ2n) is 4.10. The van der Waals surface area contributed by atoms with Crippen LogP contribution in [0.1, 0.15) is 5.56 Å². The van der Waals surface area contributed by atoms with Gasteiger partial charge in [-0.1, -0.05) is 48.0 Å². The summed E-state index contributed by atoms with van der Waals surface area (Å²) in [5, 5.41) is 1.48. The Morgan fingerprint density at radius 1 is 1.00 bits per heavy atom. The lowest BCUT2D eigenvalue weighted by atomic mass is 10.2. The molecule has 1 aromatic heterocycles. The van der Waals surface area contributed by atoms with Crippen LogP contribution < -0.4 is 4.74 Å². The molecule has 2 aromatic carbocycles. The summed E-state index contributed by atoms with van der Waals surface area (Å²) in [6.45, 7) is 0.451. The van der Waals surface area contributed by atoms with Gasteiger partial charge in [0.1, 0.15) is 6.61 Å². The minimum Gasteiger partial charge on any atom is -0.459 e. The Bertz CT molecular complexity index is 701. The van der Waals surface area contributed by atoms with Crippen LogP contribution in [-0.2, 0) is 6.61 Å². The van der Waals surface area contributed by atoms with Crippen LogP contribution in [0, 0.1) is 0 Å². The van der Waals surface area contributed by atoms with Crippen molar-refractivity contribution in [3.63, 3.8) is 0 Å². The second-order valence-corrected chi connectivity index (χ2v) is 4.51. The summed E-state index contributed by atoms with van der Waals surface area (Å²) in [6.07, 6.45) is 1.69. The Labute approximate surface area is 115 Å². The molecule has 94 valence electrons. The first kappa shape index (κ1) is 11.9. The van der Waals surface area contributed by atoms with Gasteiger partial charge in [-0.15, -0.1) is 0 Å². The fraction of sp³-hybridized carbons (Fsp3) is 0.0667. The Morgan fingerprint density at radius 2 is 1.84 bits per heavy atom. The standard InChI is InChI=1S/C15H11ClN2O/c16-13-7-4-8-14-12(13)9-17-15(18-14)19-10-11-5-2-1-3-6-11/h1-9H,10H2.